The Morgan fingerprint density at radius 3 is 2.62 bits per heavy atom. The predicted molar refractivity (Wildman–Crippen MR) is 141 cm³/mol. The minimum absolute atomic E-state index is 0.142. The molecule has 0 saturated carbocycles. The van der Waals surface area contributed by atoms with Crippen LogP contribution < -0.4 is 10.2 Å². The summed E-state index contributed by atoms with van der Waals surface area (Å²) in [6.07, 6.45) is 6.17. The van der Waals surface area contributed by atoms with Gasteiger partial charge < -0.3 is 15.1 Å². The molecule has 2 aromatic heterocycles. The molecule has 3 aliphatic rings. The van der Waals surface area contributed by atoms with E-state index in [0.717, 1.165) is 50.8 Å². The molecule has 3 saturated heterocycles. The van der Waals surface area contributed by atoms with E-state index in [1.165, 1.54) is 12.5 Å². The lowest BCUT2D eigenvalue weighted by Crippen LogP contribution is -2.51. The van der Waals surface area contributed by atoms with Gasteiger partial charge in [-0.25, -0.2) is 18.7 Å². The van der Waals surface area contributed by atoms with Gasteiger partial charge in [-0.3, -0.25) is 5.10 Å². The third-order valence-electron chi connectivity index (χ3n) is 8.51. The zero-order valence-electron chi connectivity index (χ0n) is 21.0. The van der Waals surface area contributed by atoms with Crippen LogP contribution in [0.3, 0.4) is 0 Å². The molecule has 0 radical (unpaired) electrons. The number of piperazine rings is 1. The molecule has 0 aliphatic carbocycles. The first-order valence-electron chi connectivity index (χ1n) is 13.4. The number of aromatic amines is 1. The second-order valence-corrected chi connectivity index (χ2v) is 10.9. The predicted octanol–water partition coefficient (Wildman–Crippen LogP) is 4.42. The average Bonchev–Trinajstić information content (AvgIpc) is 3.61. The van der Waals surface area contributed by atoms with E-state index in [-0.39, 0.29) is 16.8 Å². The standard InChI is InChI=1S/C28H31F2N7/c1-36-12-4-5-18(36)10-11-23-32-27-20(28(33-23)37-14-16-8-9-17(15-37)31-16)13-21(29)24(25(27)30)26-19-6-2-3-7-22(19)34-35-26/h2-3,6-7,13,16-18,31H,4-5,8-12,14-15H2,1H3,(H,34,35). The van der Waals surface area contributed by atoms with Crippen LogP contribution in [0.5, 0.6) is 0 Å². The van der Waals surface area contributed by atoms with Crippen molar-refractivity contribution >= 4 is 27.6 Å². The summed E-state index contributed by atoms with van der Waals surface area (Å²) in [4.78, 5) is 14.2. The molecule has 0 spiro atoms. The minimum atomic E-state index is -0.673. The Kier molecular flexibility index (Phi) is 5.58. The number of hydrogen-bond acceptors (Lipinski definition) is 6. The number of fused-ring (bicyclic) bond motifs is 4. The van der Waals surface area contributed by atoms with Gasteiger partial charge in [0.2, 0.25) is 0 Å². The van der Waals surface area contributed by atoms with E-state index < -0.39 is 11.6 Å². The lowest BCUT2D eigenvalue weighted by Gasteiger charge is -2.34. The summed E-state index contributed by atoms with van der Waals surface area (Å²) in [6.45, 7) is 2.66. The zero-order chi connectivity index (χ0) is 25.1. The van der Waals surface area contributed by atoms with E-state index >= 15 is 8.78 Å². The summed E-state index contributed by atoms with van der Waals surface area (Å²) in [5, 5.41) is 11.9. The Morgan fingerprint density at radius 1 is 1.03 bits per heavy atom. The van der Waals surface area contributed by atoms with Crippen LogP contribution in [0.25, 0.3) is 33.1 Å². The molecule has 7 rings (SSSR count). The van der Waals surface area contributed by atoms with Crippen LogP contribution >= 0.6 is 0 Å². The first-order chi connectivity index (χ1) is 18.0. The smallest absolute Gasteiger partial charge is 0.162 e. The molecule has 2 bridgehead atoms. The van der Waals surface area contributed by atoms with Crippen molar-refractivity contribution in [3.63, 3.8) is 0 Å². The van der Waals surface area contributed by atoms with Gasteiger partial charge in [0.25, 0.3) is 0 Å². The maximum atomic E-state index is 16.3. The number of aryl methyl sites for hydroxylation is 1. The molecule has 192 valence electrons. The summed E-state index contributed by atoms with van der Waals surface area (Å²) in [7, 11) is 2.16. The molecule has 5 heterocycles. The second kappa shape index (κ2) is 8.99. The monoisotopic (exact) mass is 503 g/mol. The summed E-state index contributed by atoms with van der Waals surface area (Å²) >= 11 is 0. The van der Waals surface area contributed by atoms with Gasteiger partial charge in [-0.1, -0.05) is 18.2 Å². The fourth-order valence-electron chi connectivity index (χ4n) is 6.56. The third-order valence-corrected chi connectivity index (χ3v) is 8.51. The Labute approximate surface area is 214 Å². The highest BCUT2D eigenvalue weighted by Gasteiger charge is 2.34. The number of nitrogens with zero attached hydrogens (tertiary/aromatic N) is 5. The number of likely N-dealkylation sites (tertiary alicyclic amines) is 1. The van der Waals surface area contributed by atoms with Gasteiger partial charge in [0.1, 0.15) is 28.7 Å². The highest BCUT2D eigenvalue weighted by Crippen LogP contribution is 2.37. The van der Waals surface area contributed by atoms with Gasteiger partial charge in [-0.2, -0.15) is 5.10 Å². The van der Waals surface area contributed by atoms with Crippen LogP contribution in [-0.2, 0) is 6.42 Å². The number of benzene rings is 2. The first kappa shape index (κ1) is 23.0. The number of rotatable bonds is 5. The number of anilines is 1. The molecule has 0 amide bonds. The zero-order valence-corrected chi connectivity index (χ0v) is 21.0. The normalized spacial score (nSPS) is 24.1. The van der Waals surface area contributed by atoms with Gasteiger partial charge in [-0.15, -0.1) is 0 Å². The highest BCUT2D eigenvalue weighted by molar-refractivity contribution is 5.98. The molecule has 37 heavy (non-hydrogen) atoms. The van der Waals surface area contributed by atoms with Crippen molar-refractivity contribution in [3.05, 3.63) is 47.8 Å². The molecule has 2 N–H and O–H groups in total. The molecule has 9 heteroatoms. The second-order valence-electron chi connectivity index (χ2n) is 10.9. The largest absolute Gasteiger partial charge is 0.353 e. The first-order valence-corrected chi connectivity index (χ1v) is 13.4. The lowest BCUT2D eigenvalue weighted by molar-refractivity contribution is 0.295. The van der Waals surface area contributed by atoms with E-state index in [0.29, 0.717) is 47.0 Å². The van der Waals surface area contributed by atoms with Gasteiger partial charge in [0.15, 0.2) is 5.82 Å². The number of H-pyrrole nitrogens is 1. The Balaban J connectivity index is 1.36. The minimum Gasteiger partial charge on any atom is -0.353 e. The van der Waals surface area contributed by atoms with Gasteiger partial charge in [0.05, 0.1) is 11.1 Å². The van der Waals surface area contributed by atoms with Gasteiger partial charge >= 0.3 is 0 Å². The quantitative estimate of drug-likeness (QED) is 0.420. The summed E-state index contributed by atoms with van der Waals surface area (Å²) < 4.78 is 32.0. The van der Waals surface area contributed by atoms with E-state index in [2.05, 4.69) is 32.4 Å². The maximum absolute atomic E-state index is 16.3. The number of aromatic nitrogens is 4. The summed E-state index contributed by atoms with van der Waals surface area (Å²) in [5.41, 5.74) is 1.03. The summed E-state index contributed by atoms with van der Waals surface area (Å²) in [6, 6.07) is 10.0. The Morgan fingerprint density at radius 2 is 1.84 bits per heavy atom. The Hall–Kier alpha value is -3.17. The third kappa shape index (κ3) is 3.95. The fourth-order valence-corrected chi connectivity index (χ4v) is 6.56. The SMILES string of the molecule is CN1CCCC1CCc1nc(N2CC3CCC(C2)N3)c2cc(F)c(-c3n[nH]c4ccccc34)c(F)c2n1. The van der Waals surface area contributed by atoms with Crippen LogP contribution in [0.4, 0.5) is 14.6 Å². The van der Waals surface area contributed by atoms with Crippen molar-refractivity contribution in [2.24, 2.45) is 0 Å². The average molecular weight is 504 g/mol. The van der Waals surface area contributed by atoms with Crippen molar-refractivity contribution < 1.29 is 8.78 Å². The van der Waals surface area contributed by atoms with Crippen molar-refractivity contribution in [2.45, 2.75) is 56.7 Å². The lowest BCUT2D eigenvalue weighted by atomic mass is 10.0. The maximum Gasteiger partial charge on any atom is 0.162 e. The summed E-state index contributed by atoms with van der Waals surface area (Å²) in [5.74, 6) is -0.0507. The fraction of sp³-hybridized carbons (Fsp3) is 0.464. The number of para-hydroxylation sites is 1. The van der Waals surface area contributed by atoms with Crippen molar-refractivity contribution in [3.8, 4) is 11.3 Å². The molecule has 3 aliphatic heterocycles. The molecule has 3 atom stereocenters. The molecule has 4 aromatic rings. The molecular formula is C28H31F2N7. The van der Waals surface area contributed by atoms with Gasteiger partial charge in [0, 0.05) is 48.4 Å². The molecule has 7 nitrogen and oxygen atoms in total. The number of halogens is 2. The van der Waals surface area contributed by atoms with E-state index in [9.17, 15) is 0 Å². The van der Waals surface area contributed by atoms with E-state index in [1.807, 2.05) is 24.3 Å². The van der Waals surface area contributed by atoms with Crippen LogP contribution in [0.15, 0.2) is 30.3 Å². The molecule has 3 unspecified atom stereocenters. The Bertz CT molecular complexity index is 1470. The molecule has 3 fully saturated rings. The van der Waals surface area contributed by atoms with Crippen molar-refractivity contribution in [1.29, 1.82) is 0 Å². The number of hydrogen-bond donors (Lipinski definition) is 2. The van der Waals surface area contributed by atoms with E-state index in [4.69, 9.17) is 9.97 Å². The molecule has 2 aromatic carbocycles. The van der Waals surface area contributed by atoms with Crippen LogP contribution in [-0.4, -0.2) is 69.9 Å². The van der Waals surface area contributed by atoms with Crippen molar-refractivity contribution in [1.82, 2.24) is 30.4 Å². The number of nitrogens with one attached hydrogen (secondary N) is 2. The van der Waals surface area contributed by atoms with Gasteiger partial charge in [-0.05, 0) is 57.8 Å². The molecular weight excluding hydrogens is 472 g/mol. The van der Waals surface area contributed by atoms with Crippen molar-refractivity contribution in [2.75, 3.05) is 31.6 Å². The van der Waals surface area contributed by atoms with E-state index in [1.54, 1.807) is 0 Å². The van der Waals surface area contributed by atoms with Crippen LogP contribution in [0.1, 0.15) is 37.9 Å². The van der Waals surface area contributed by atoms with Crippen LogP contribution in [0.2, 0.25) is 0 Å². The van der Waals surface area contributed by atoms with Crippen LogP contribution in [0, 0.1) is 11.6 Å². The highest BCUT2D eigenvalue weighted by atomic mass is 19.1. The topological polar surface area (TPSA) is 73.0 Å².